The first-order valence-electron chi connectivity index (χ1n) is 9.44. The molecule has 0 aliphatic carbocycles. The second-order valence-electron chi connectivity index (χ2n) is 6.95. The van der Waals surface area contributed by atoms with Crippen molar-refractivity contribution in [3.63, 3.8) is 0 Å². The van der Waals surface area contributed by atoms with Crippen LogP contribution in [0.4, 0.5) is 5.69 Å². The van der Waals surface area contributed by atoms with Crippen LogP contribution in [0.2, 0.25) is 5.02 Å². The normalized spacial score (nSPS) is 16.0. The summed E-state index contributed by atoms with van der Waals surface area (Å²) in [6, 6.07) is 19.7. The van der Waals surface area contributed by atoms with Gasteiger partial charge in [0.2, 0.25) is 0 Å². The Morgan fingerprint density at radius 2 is 2.07 bits per heavy atom. The Kier molecular flexibility index (Phi) is 6.05. The van der Waals surface area contributed by atoms with Crippen molar-refractivity contribution >= 4 is 29.1 Å². The van der Waals surface area contributed by atoms with Crippen molar-refractivity contribution in [2.24, 2.45) is 0 Å². The monoisotopic (exact) mass is 421 g/mol. The molecule has 0 amide bonds. The average molecular weight is 422 g/mol. The number of rotatable bonds is 5. The third-order valence-electron chi connectivity index (χ3n) is 5.08. The summed E-state index contributed by atoms with van der Waals surface area (Å²) in [5.74, 6) is 0. The first kappa shape index (κ1) is 19.8. The number of nitriles is 1. The highest BCUT2D eigenvalue weighted by Crippen LogP contribution is 2.35. The van der Waals surface area contributed by atoms with Crippen LogP contribution >= 0.6 is 23.4 Å². The second-order valence-corrected chi connectivity index (χ2v) is 8.71. The molecule has 3 aromatic rings. The number of hydrogen-bond donors (Lipinski definition) is 1. The lowest BCUT2D eigenvalue weighted by Crippen LogP contribution is -2.21. The minimum atomic E-state index is -0.0368. The number of pyridine rings is 1. The van der Waals surface area contributed by atoms with Crippen molar-refractivity contribution in [3.8, 4) is 17.2 Å². The lowest BCUT2D eigenvalue weighted by molar-refractivity contribution is 0.282. The van der Waals surface area contributed by atoms with Crippen molar-refractivity contribution in [1.82, 2.24) is 4.98 Å². The number of benzene rings is 2. The van der Waals surface area contributed by atoms with E-state index in [1.807, 2.05) is 48.5 Å². The standard InChI is InChI=1S/C23H20ClN3OS/c24-19-6-8-23(26-13-19)29-20-9-10-27(14-20)22-7-5-16(11-18(22)15-28)21-4-2-1-3-17(21)12-25/h1-8,11,13,20,28H,9-10,14-15H2/t20-/m0/s1. The largest absolute Gasteiger partial charge is 0.392 e. The summed E-state index contributed by atoms with van der Waals surface area (Å²) in [7, 11) is 0. The maximum absolute atomic E-state index is 9.98. The van der Waals surface area contributed by atoms with E-state index in [1.165, 1.54) is 0 Å². The van der Waals surface area contributed by atoms with Crippen LogP contribution in [-0.2, 0) is 6.61 Å². The fourth-order valence-corrected chi connectivity index (χ4v) is 4.86. The fraction of sp³-hybridized carbons (Fsp3) is 0.217. The van der Waals surface area contributed by atoms with Gasteiger partial charge in [0.25, 0.3) is 0 Å². The smallest absolute Gasteiger partial charge is 0.0998 e. The van der Waals surface area contributed by atoms with Gasteiger partial charge < -0.3 is 10.0 Å². The fourth-order valence-electron chi connectivity index (χ4n) is 3.67. The van der Waals surface area contributed by atoms with Crippen molar-refractivity contribution in [3.05, 3.63) is 76.9 Å². The molecule has 0 unspecified atom stereocenters. The van der Waals surface area contributed by atoms with E-state index in [0.29, 0.717) is 15.8 Å². The summed E-state index contributed by atoms with van der Waals surface area (Å²) in [6.45, 7) is 1.80. The highest BCUT2D eigenvalue weighted by Gasteiger charge is 2.25. The summed E-state index contributed by atoms with van der Waals surface area (Å²) in [4.78, 5) is 6.70. The van der Waals surface area contributed by atoms with Gasteiger partial charge in [-0.05, 0) is 47.9 Å². The van der Waals surface area contributed by atoms with Crippen LogP contribution in [0, 0.1) is 11.3 Å². The molecule has 1 aromatic heterocycles. The molecule has 2 aromatic carbocycles. The third kappa shape index (κ3) is 4.40. The SMILES string of the molecule is N#Cc1ccccc1-c1ccc(N2CC[C@H](Sc3ccc(Cl)cn3)C2)c(CO)c1. The van der Waals surface area contributed by atoms with Gasteiger partial charge >= 0.3 is 0 Å². The Labute approximate surface area is 179 Å². The zero-order valence-corrected chi connectivity index (χ0v) is 17.3. The molecule has 1 aliphatic heterocycles. The first-order valence-corrected chi connectivity index (χ1v) is 10.7. The molecule has 1 atom stereocenters. The van der Waals surface area contributed by atoms with Gasteiger partial charge in [-0.2, -0.15) is 5.26 Å². The average Bonchev–Trinajstić information content (AvgIpc) is 3.23. The number of nitrogens with zero attached hydrogens (tertiary/aromatic N) is 3. The minimum absolute atomic E-state index is 0.0368. The first-order chi connectivity index (χ1) is 14.2. The predicted octanol–water partition coefficient (Wildman–Crippen LogP) is 5.14. The van der Waals surface area contributed by atoms with Gasteiger partial charge in [-0.3, -0.25) is 0 Å². The molecule has 1 aliphatic rings. The van der Waals surface area contributed by atoms with Gasteiger partial charge in [0.15, 0.2) is 0 Å². The van der Waals surface area contributed by atoms with Crippen molar-refractivity contribution in [1.29, 1.82) is 5.26 Å². The van der Waals surface area contributed by atoms with Gasteiger partial charge in [0, 0.05) is 35.8 Å². The summed E-state index contributed by atoms with van der Waals surface area (Å²) in [5, 5.41) is 21.4. The summed E-state index contributed by atoms with van der Waals surface area (Å²) >= 11 is 7.69. The molecule has 1 N–H and O–H groups in total. The molecular formula is C23H20ClN3OS. The highest BCUT2D eigenvalue weighted by atomic mass is 35.5. The molecule has 0 bridgehead atoms. The molecule has 4 rings (SSSR count). The lowest BCUT2D eigenvalue weighted by atomic mass is 9.98. The molecule has 1 saturated heterocycles. The highest BCUT2D eigenvalue weighted by molar-refractivity contribution is 7.99. The number of thioether (sulfide) groups is 1. The molecule has 0 saturated carbocycles. The van der Waals surface area contributed by atoms with E-state index in [9.17, 15) is 10.4 Å². The number of halogens is 1. The number of anilines is 1. The lowest BCUT2D eigenvalue weighted by Gasteiger charge is -2.22. The molecule has 146 valence electrons. The molecule has 0 spiro atoms. The third-order valence-corrected chi connectivity index (χ3v) is 6.51. The number of aliphatic hydroxyl groups is 1. The maximum Gasteiger partial charge on any atom is 0.0998 e. The van der Waals surface area contributed by atoms with Crippen LogP contribution in [0.5, 0.6) is 0 Å². The Morgan fingerprint density at radius 1 is 1.21 bits per heavy atom. The zero-order chi connectivity index (χ0) is 20.2. The minimum Gasteiger partial charge on any atom is -0.392 e. The topological polar surface area (TPSA) is 60.2 Å². The zero-order valence-electron chi connectivity index (χ0n) is 15.8. The van der Waals surface area contributed by atoms with E-state index in [-0.39, 0.29) is 6.61 Å². The van der Waals surface area contributed by atoms with Gasteiger partial charge in [-0.1, -0.05) is 35.9 Å². The summed E-state index contributed by atoms with van der Waals surface area (Å²) in [6.07, 6.45) is 2.73. The molecule has 6 heteroatoms. The van der Waals surface area contributed by atoms with E-state index in [4.69, 9.17) is 11.6 Å². The quantitative estimate of drug-likeness (QED) is 0.618. The van der Waals surface area contributed by atoms with Gasteiger partial charge in [0.1, 0.15) is 0 Å². The second kappa shape index (κ2) is 8.87. The molecule has 0 radical (unpaired) electrons. The van der Waals surface area contributed by atoms with Crippen LogP contribution in [0.25, 0.3) is 11.1 Å². The van der Waals surface area contributed by atoms with Crippen LogP contribution in [0.1, 0.15) is 17.5 Å². The van der Waals surface area contributed by atoms with E-state index < -0.39 is 0 Å². The van der Waals surface area contributed by atoms with Crippen molar-refractivity contribution < 1.29 is 5.11 Å². The molecule has 1 fully saturated rings. The van der Waals surface area contributed by atoms with Crippen LogP contribution in [-0.4, -0.2) is 28.4 Å². The van der Waals surface area contributed by atoms with Crippen LogP contribution < -0.4 is 4.90 Å². The van der Waals surface area contributed by atoms with Gasteiger partial charge in [-0.25, -0.2) is 4.98 Å². The summed E-state index contributed by atoms with van der Waals surface area (Å²) in [5.41, 5.74) is 4.41. The Hall–Kier alpha value is -2.52. The predicted molar refractivity (Wildman–Crippen MR) is 118 cm³/mol. The van der Waals surface area contributed by atoms with E-state index in [0.717, 1.165) is 46.9 Å². The molecular weight excluding hydrogens is 402 g/mol. The Balaban J connectivity index is 1.53. The van der Waals surface area contributed by atoms with Crippen LogP contribution in [0.15, 0.2) is 65.8 Å². The number of hydrogen-bond acceptors (Lipinski definition) is 5. The van der Waals surface area contributed by atoms with E-state index in [2.05, 4.69) is 22.0 Å². The number of aromatic nitrogens is 1. The molecule has 4 nitrogen and oxygen atoms in total. The maximum atomic E-state index is 9.98. The summed E-state index contributed by atoms with van der Waals surface area (Å²) < 4.78 is 0. The van der Waals surface area contributed by atoms with Crippen LogP contribution in [0.3, 0.4) is 0 Å². The Bertz CT molecular complexity index is 1050. The van der Waals surface area contributed by atoms with E-state index in [1.54, 1.807) is 18.0 Å². The van der Waals surface area contributed by atoms with E-state index >= 15 is 0 Å². The number of aliphatic hydroxyl groups excluding tert-OH is 1. The van der Waals surface area contributed by atoms with Crippen molar-refractivity contribution in [2.45, 2.75) is 23.3 Å². The molecule has 29 heavy (non-hydrogen) atoms. The van der Waals surface area contributed by atoms with Gasteiger partial charge in [-0.15, -0.1) is 11.8 Å². The van der Waals surface area contributed by atoms with Crippen molar-refractivity contribution in [2.75, 3.05) is 18.0 Å². The Morgan fingerprint density at radius 3 is 2.83 bits per heavy atom. The molecule has 2 heterocycles. The van der Waals surface area contributed by atoms with Gasteiger partial charge in [0.05, 0.1) is 28.3 Å².